The molecule has 0 heterocycles. The van der Waals surface area contributed by atoms with E-state index in [2.05, 4.69) is 0 Å². The average Bonchev–Trinajstić information content (AvgIpc) is 2.90. The maximum atomic E-state index is 13.9. The molecule has 0 saturated carbocycles. The fourth-order valence-corrected chi connectivity index (χ4v) is 6.51. The third-order valence-corrected chi connectivity index (χ3v) is 8.26. The molecule has 6 N–H and O–H groups in total. The SMILES string of the molecule is COc1ccc(C=O)cc1-c1ccc(O)c2c1C[C@@H]1C[C@@H]3[C@@H](N(C)C)C(O)=C(C(N)=O)C(=O)[C@@]3(O)C(O)=C1C2=O. The minimum Gasteiger partial charge on any atom is -0.510 e. The molecule has 11 heteroatoms. The molecule has 11 nitrogen and oxygen atoms in total. The van der Waals surface area contributed by atoms with Gasteiger partial charge in [-0.3, -0.25) is 24.1 Å². The topological polar surface area (TPSA) is 188 Å². The molecule has 0 aliphatic heterocycles. The highest BCUT2D eigenvalue weighted by Crippen LogP contribution is 2.53. The second kappa shape index (κ2) is 9.32. The number of phenols is 1. The van der Waals surface area contributed by atoms with Crippen LogP contribution in [0.5, 0.6) is 11.5 Å². The number of methoxy groups -OCH3 is 1. The quantitative estimate of drug-likeness (QED) is 0.271. The van der Waals surface area contributed by atoms with Crippen LogP contribution in [0.25, 0.3) is 11.1 Å². The Labute approximate surface area is 228 Å². The fourth-order valence-electron chi connectivity index (χ4n) is 6.51. The first-order valence-electron chi connectivity index (χ1n) is 12.5. The number of Topliss-reactive ketones (excluding diaryl/α,β-unsaturated/α-hetero) is 2. The number of carbonyl (C=O) groups is 4. The molecule has 0 aromatic heterocycles. The molecule has 2 aromatic rings. The Hall–Kier alpha value is -4.48. The third-order valence-electron chi connectivity index (χ3n) is 8.26. The highest BCUT2D eigenvalue weighted by molar-refractivity contribution is 6.25. The maximum absolute atomic E-state index is 13.9. The molecule has 208 valence electrons. The van der Waals surface area contributed by atoms with Gasteiger partial charge >= 0.3 is 0 Å². The number of aliphatic hydroxyl groups excluding tert-OH is 2. The number of carbonyl (C=O) groups excluding carboxylic acids is 4. The summed E-state index contributed by atoms with van der Waals surface area (Å²) in [4.78, 5) is 52.4. The second-order valence-electron chi connectivity index (χ2n) is 10.5. The van der Waals surface area contributed by atoms with Crippen LogP contribution in [0.3, 0.4) is 0 Å². The number of aliphatic hydroxyl groups is 3. The Morgan fingerprint density at radius 3 is 2.42 bits per heavy atom. The smallest absolute Gasteiger partial charge is 0.255 e. The van der Waals surface area contributed by atoms with Crippen molar-refractivity contribution in [1.82, 2.24) is 4.90 Å². The van der Waals surface area contributed by atoms with Gasteiger partial charge in [-0.2, -0.15) is 0 Å². The number of aromatic hydroxyl groups is 1. The van der Waals surface area contributed by atoms with Crippen molar-refractivity contribution >= 4 is 23.8 Å². The predicted octanol–water partition coefficient (Wildman–Crippen LogP) is 1.61. The molecular formula is C29H28N2O9. The van der Waals surface area contributed by atoms with Gasteiger partial charge in [-0.25, -0.2) is 0 Å². The highest BCUT2D eigenvalue weighted by atomic mass is 16.5. The fraction of sp³-hybridized carbons (Fsp3) is 0.310. The van der Waals surface area contributed by atoms with Crippen LogP contribution in [0.2, 0.25) is 0 Å². The molecular weight excluding hydrogens is 520 g/mol. The minimum atomic E-state index is -2.71. The number of fused-ring (bicyclic) bond motifs is 3. The van der Waals surface area contributed by atoms with Gasteiger partial charge < -0.3 is 30.9 Å². The number of rotatable bonds is 5. The summed E-state index contributed by atoms with van der Waals surface area (Å²) in [5, 5.41) is 44.8. The summed E-state index contributed by atoms with van der Waals surface area (Å²) in [6, 6.07) is 6.61. The first-order chi connectivity index (χ1) is 18.9. The molecule has 0 bridgehead atoms. The van der Waals surface area contributed by atoms with E-state index in [1.54, 1.807) is 38.4 Å². The largest absolute Gasteiger partial charge is 0.510 e. The standard InChI is InChI=1S/C29H28N2O9/c1-31(2)23-17-10-13-9-16-14(15-8-12(11-32)4-7-19(15)40-3)5-6-18(33)21(16)24(34)20(13)26(36)29(17,39)27(37)22(25(23)35)28(30)38/h4-8,11,13,17,23,33,35-36,39H,9-10H2,1-3H3,(H2,30,38)/t13-,17-,23-,29+/m1/s1. The van der Waals surface area contributed by atoms with Crippen LogP contribution in [-0.4, -0.2) is 81.9 Å². The lowest BCUT2D eigenvalue weighted by atomic mass is 9.58. The van der Waals surface area contributed by atoms with Gasteiger partial charge in [0.2, 0.25) is 5.78 Å². The molecule has 1 amide bonds. The molecule has 0 fully saturated rings. The summed E-state index contributed by atoms with van der Waals surface area (Å²) in [6.07, 6.45) is 0.739. The lowest BCUT2D eigenvalue weighted by Gasteiger charge is -2.50. The van der Waals surface area contributed by atoms with Gasteiger partial charge in [0, 0.05) is 22.6 Å². The van der Waals surface area contributed by atoms with Gasteiger partial charge in [0.15, 0.2) is 11.4 Å². The predicted molar refractivity (Wildman–Crippen MR) is 141 cm³/mol. The van der Waals surface area contributed by atoms with Crippen molar-refractivity contribution in [3.05, 3.63) is 69.7 Å². The van der Waals surface area contributed by atoms with Crippen LogP contribution in [0.4, 0.5) is 0 Å². The second-order valence-corrected chi connectivity index (χ2v) is 10.5. The number of ketones is 2. The molecule has 0 unspecified atom stereocenters. The number of hydrogen-bond donors (Lipinski definition) is 5. The van der Waals surface area contributed by atoms with Crippen LogP contribution in [0, 0.1) is 11.8 Å². The zero-order chi connectivity index (χ0) is 29.3. The number of allylic oxidation sites excluding steroid dienone is 1. The maximum Gasteiger partial charge on any atom is 0.255 e. The number of hydrogen-bond acceptors (Lipinski definition) is 10. The number of ether oxygens (including phenoxy) is 1. The summed E-state index contributed by atoms with van der Waals surface area (Å²) >= 11 is 0. The molecule has 0 radical (unpaired) electrons. The molecule has 3 aliphatic carbocycles. The Morgan fingerprint density at radius 2 is 1.82 bits per heavy atom. The average molecular weight is 549 g/mol. The monoisotopic (exact) mass is 548 g/mol. The van der Waals surface area contributed by atoms with Gasteiger partial charge in [-0.15, -0.1) is 0 Å². The van der Waals surface area contributed by atoms with E-state index in [1.165, 1.54) is 18.1 Å². The van der Waals surface area contributed by atoms with E-state index in [-0.39, 0.29) is 29.7 Å². The lowest BCUT2D eigenvalue weighted by molar-refractivity contribution is -0.148. The van der Waals surface area contributed by atoms with Gasteiger partial charge in [0.1, 0.15) is 34.9 Å². The van der Waals surface area contributed by atoms with E-state index >= 15 is 0 Å². The van der Waals surface area contributed by atoms with Gasteiger partial charge in [0.05, 0.1) is 18.7 Å². The third kappa shape index (κ3) is 3.58. The molecule has 0 spiro atoms. The van der Waals surface area contributed by atoms with E-state index < -0.39 is 58.0 Å². The summed E-state index contributed by atoms with van der Waals surface area (Å²) in [5.41, 5.74) is 3.23. The molecule has 4 atom stereocenters. The van der Waals surface area contributed by atoms with Crippen LogP contribution in [0.15, 0.2) is 53.0 Å². The van der Waals surface area contributed by atoms with Crippen molar-refractivity contribution in [3.8, 4) is 22.6 Å². The van der Waals surface area contributed by atoms with Crippen molar-refractivity contribution in [2.45, 2.75) is 24.5 Å². The van der Waals surface area contributed by atoms with Crippen LogP contribution < -0.4 is 10.5 Å². The molecule has 0 saturated heterocycles. The highest BCUT2D eigenvalue weighted by Gasteiger charge is 2.63. The number of amides is 1. The summed E-state index contributed by atoms with van der Waals surface area (Å²) < 4.78 is 5.49. The van der Waals surface area contributed by atoms with Gasteiger partial charge in [-0.1, -0.05) is 6.07 Å². The Morgan fingerprint density at radius 1 is 1.12 bits per heavy atom. The van der Waals surface area contributed by atoms with Gasteiger partial charge in [-0.05, 0) is 68.2 Å². The Balaban J connectivity index is 1.74. The Kier molecular flexibility index (Phi) is 6.31. The van der Waals surface area contributed by atoms with E-state index in [4.69, 9.17) is 10.5 Å². The normalized spacial score (nSPS) is 25.9. The Bertz CT molecular complexity index is 1570. The molecule has 5 rings (SSSR count). The number of phenolic OH excluding ortho intramolecular Hbond substituents is 1. The van der Waals surface area contributed by atoms with Crippen molar-refractivity contribution in [2.75, 3.05) is 21.2 Å². The first-order valence-corrected chi connectivity index (χ1v) is 12.5. The number of nitrogens with zero attached hydrogens (tertiary/aromatic N) is 1. The van der Waals surface area contributed by atoms with Crippen molar-refractivity contribution in [2.24, 2.45) is 17.6 Å². The van der Waals surface area contributed by atoms with Crippen molar-refractivity contribution in [1.29, 1.82) is 0 Å². The van der Waals surface area contributed by atoms with Crippen LogP contribution in [-0.2, 0) is 16.0 Å². The summed E-state index contributed by atoms with van der Waals surface area (Å²) in [6.45, 7) is 0. The van der Waals surface area contributed by atoms with Gasteiger partial charge in [0.25, 0.3) is 5.91 Å². The number of nitrogens with two attached hydrogens (primary N) is 1. The number of benzene rings is 2. The van der Waals surface area contributed by atoms with Crippen LogP contribution >= 0.6 is 0 Å². The molecule has 2 aromatic carbocycles. The zero-order valence-electron chi connectivity index (χ0n) is 22.0. The number of aldehydes is 1. The lowest BCUT2D eigenvalue weighted by Crippen LogP contribution is -2.63. The number of likely N-dealkylation sites (N-methyl/N-ethyl adjacent to an activating group) is 1. The number of primary amides is 1. The zero-order valence-corrected chi connectivity index (χ0v) is 22.0. The molecule has 3 aliphatic rings. The van der Waals surface area contributed by atoms with Crippen LogP contribution in [0.1, 0.15) is 32.7 Å². The first kappa shape index (κ1) is 27.1. The minimum absolute atomic E-state index is 0.0353. The van der Waals surface area contributed by atoms with E-state index in [9.17, 15) is 39.6 Å². The van der Waals surface area contributed by atoms with Crippen molar-refractivity contribution < 1.29 is 44.3 Å². The summed E-state index contributed by atoms with van der Waals surface area (Å²) in [7, 11) is 4.59. The van der Waals surface area contributed by atoms with E-state index in [1.807, 2.05) is 0 Å². The van der Waals surface area contributed by atoms with E-state index in [0.29, 0.717) is 34.3 Å². The molecule has 40 heavy (non-hydrogen) atoms. The van der Waals surface area contributed by atoms with E-state index in [0.717, 1.165) is 0 Å². The van der Waals surface area contributed by atoms with Crippen molar-refractivity contribution in [3.63, 3.8) is 0 Å². The summed E-state index contributed by atoms with van der Waals surface area (Å²) in [5.74, 6) is -6.76.